The molecular weight excluding hydrogens is 263 g/mol. The maximum Gasteiger partial charge on any atom is 0.573 e. The molecule has 4 nitrogen and oxygen atoms in total. The first kappa shape index (κ1) is 14.8. The van der Waals surface area contributed by atoms with Crippen LogP contribution >= 0.6 is 0 Å². The average Bonchev–Trinajstić information content (AvgIpc) is 2.27. The van der Waals surface area contributed by atoms with Crippen LogP contribution in [0.4, 0.5) is 13.2 Å². The summed E-state index contributed by atoms with van der Waals surface area (Å²) in [4.78, 5) is 10.6. The van der Waals surface area contributed by atoms with Crippen LogP contribution in [0.1, 0.15) is 23.6 Å². The van der Waals surface area contributed by atoms with E-state index in [2.05, 4.69) is 4.74 Å². The van der Waals surface area contributed by atoms with Crippen molar-refractivity contribution in [3.63, 3.8) is 0 Å². The summed E-state index contributed by atoms with van der Waals surface area (Å²) in [5, 5.41) is 17.5. The predicted octanol–water partition coefficient (Wildman–Crippen LogP) is 2.65. The molecule has 0 saturated heterocycles. The van der Waals surface area contributed by atoms with Gasteiger partial charge < -0.3 is 9.84 Å². The number of hydrogen-bond donors (Lipinski definition) is 1. The van der Waals surface area contributed by atoms with Crippen molar-refractivity contribution >= 4 is 5.97 Å². The number of aryl methyl sites for hydroxylation is 1. The van der Waals surface area contributed by atoms with Gasteiger partial charge in [0.25, 0.3) is 0 Å². The summed E-state index contributed by atoms with van der Waals surface area (Å²) in [5.74, 6) is -1.64. The van der Waals surface area contributed by atoms with Crippen LogP contribution in [-0.4, -0.2) is 17.4 Å². The predicted molar refractivity (Wildman–Crippen MR) is 58.6 cm³/mol. The van der Waals surface area contributed by atoms with Crippen LogP contribution in [0.25, 0.3) is 0 Å². The number of alkyl halides is 3. The molecular formula is C12H10F3NO3. The van der Waals surface area contributed by atoms with E-state index in [4.69, 9.17) is 10.4 Å². The molecule has 19 heavy (non-hydrogen) atoms. The van der Waals surface area contributed by atoms with Crippen LogP contribution in [0.3, 0.4) is 0 Å². The lowest BCUT2D eigenvalue weighted by Gasteiger charge is -2.14. The van der Waals surface area contributed by atoms with E-state index in [1.807, 2.05) is 0 Å². The van der Waals surface area contributed by atoms with Gasteiger partial charge >= 0.3 is 12.3 Å². The topological polar surface area (TPSA) is 70.3 Å². The molecule has 0 atom stereocenters. The molecule has 0 fully saturated rings. The smallest absolute Gasteiger partial charge is 0.481 e. The Morgan fingerprint density at radius 1 is 1.42 bits per heavy atom. The molecule has 0 spiro atoms. The summed E-state index contributed by atoms with van der Waals surface area (Å²) in [6.07, 6.45) is -5.06. The Hall–Kier alpha value is -2.23. The third-order valence-electron chi connectivity index (χ3n) is 2.36. The van der Waals surface area contributed by atoms with Crippen molar-refractivity contribution in [1.29, 1.82) is 5.26 Å². The normalized spacial score (nSPS) is 10.9. The fourth-order valence-electron chi connectivity index (χ4n) is 1.58. The number of carboxylic acid groups (broad SMARTS) is 1. The average molecular weight is 273 g/mol. The molecule has 0 aliphatic rings. The van der Waals surface area contributed by atoms with Crippen molar-refractivity contribution in [2.24, 2.45) is 0 Å². The Kier molecular flexibility index (Phi) is 4.38. The van der Waals surface area contributed by atoms with Crippen LogP contribution in [0, 0.1) is 11.3 Å². The quantitative estimate of drug-likeness (QED) is 0.915. The summed E-state index contributed by atoms with van der Waals surface area (Å²) >= 11 is 0. The molecule has 0 heterocycles. The number of carbonyl (C=O) groups is 1. The summed E-state index contributed by atoms with van der Waals surface area (Å²) < 4.78 is 40.4. The van der Waals surface area contributed by atoms with Crippen molar-refractivity contribution in [1.82, 2.24) is 0 Å². The Morgan fingerprint density at radius 2 is 2.05 bits per heavy atom. The Morgan fingerprint density at radius 3 is 2.47 bits per heavy atom. The molecule has 1 aromatic carbocycles. The maximum atomic E-state index is 12.2. The zero-order chi connectivity index (χ0) is 14.6. The minimum atomic E-state index is -4.86. The number of benzene rings is 1. The van der Waals surface area contributed by atoms with Crippen LogP contribution < -0.4 is 4.74 Å². The molecule has 0 aromatic heterocycles. The highest BCUT2D eigenvalue weighted by molar-refractivity contribution is 5.72. The molecule has 1 aromatic rings. The van der Waals surface area contributed by atoms with E-state index in [-0.39, 0.29) is 23.1 Å². The van der Waals surface area contributed by atoms with E-state index in [0.29, 0.717) is 0 Å². The van der Waals surface area contributed by atoms with Gasteiger partial charge in [0, 0.05) is 0 Å². The van der Waals surface area contributed by atoms with Gasteiger partial charge in [-0.25, -0.2) is 0 Å². The van der Waals surface area contributed by atoms with Crippen LogP contribution in [-0.2, 0) is 17.6 Å². The highest BCUT2D eigenvalue weighted by Crippen LogP contribution is 2.29. The number of nitrogens with zero attached hydrogens (tertiary/aromatic N) is 1. The number of hydrogen-bond acceptors (Lipinski definition) is 3. The highest BCUT2D eigenvalue weighted by atomic mass is 19.4. The van der Waals surface area contributed by atoms with E-state index in [9.17, 15) is 18.0 Å². The second kappa shape index (κ2) is 5.61. The Bertz CT molecular complexity index is 532. The minimum Gasteiger partial charge on any atom is -0.481 e. The first-order valence-corrected chi connectivity index (χ1v) is 5.30. The van der Waals surface area contributed by atoms with Crippen molar-refractivity contribution in [2.45, 2.75) is 26.1 Å². The number of halogens is 3. The molecule has 0 aliphatic heterocycles. The molecule has 0 aliphatic carbocycles. The lowest BCUT2D eigenvalue weighted by molar-refractivity contribution is -0.274. The fourth-order valence-corrected chi connectivity index (χ4v) is 1.58. The molecule has 0 bridgehead atoms. The zero-order valence-electron chi connectivity index (χ0n) is 9.91. The monoisotopic (exact) mass is 273 g/mol. The molecule has 0 amide bonds. The van der Waals surface area contributed by atoms with Gasteiger partial charge in [0.1, 0.15) is 5.75 Å². The second-order valence-electron chi connectivity index (χ2n) is 3.70. The lowest BCUT2D eigenvalue weighted by atomic mass is 10.00. The Labute approximate surface area is 107 Å². The number of nitriles is 1. The Balaban J connectivity index is 3.28. The van der Waals surface area contributed by atoms with Crippen molar-refractivity contribution in [3.8, 4) is 11.8 Å². The molecule has 1 rings (SSSR count). The minimum absolute atomic E-state index is 0.140. The maximum absolute atomic E-state index is 12.2. The highest BCUT2D eigenvalue weighted by Gasteiger charge is 2.32. The largest absolute Gasteiger partial charge is 0.573 e. The standard InChI is InChI=1S/C12H10F3NO3/c1-2-7-3-8(5-11(17)18)9(6-16)4-10(7)19-12(13,14)15/h3-4H,2,5H2,1H3,(H,17,18). The van der Waals surface area contributed by atoms with Gasteiger partial charge in [-0.1, -0.05) is 13.0 Å². The van der Waals surface area contributed by atoms with E-state index in [1.54, 1.807) is 13.0 Å². The van der Waals surface area contributed by atoms with Gasteiger partial charge in [-0.2, -0.15) is 5.26 Å². The molecule has 0 saturated carbocycles. The van der Waals surface area contributed by atoms with Crippen LogP contribution in [0.5, 0.6) is 5.75 Å². The first-order chi connectivity index (χ1) is 8.76. The molecule has 7 heteroatoms. The molecule has 1 N–H and O–H groups in total. The lowest BCUT2D eigenvalue weighted by Crippen LogP contribution is -2.18. The zero-order valence-corrected chi connectivity index (χ0v) is 9.91. The van der Waals surface area contributed by atoms with Gasteiger partial charge in [-0.3, -0.25) is 4.79 Å². The van der Waals surface area contributed by atoms with Gasteiger partial charge in [0.05, 0.1) is 18.1 Å². The van der Waals surface area contributed by atoms with E-state index in [0.717, 1.165) is 6.07 Å². The number of ether oxygens (including phenoxy) is 1. The van der Waals surface area contributed by atoms with Gasteiger partial charge in [-0.15, -0.1) is 13.2 Å². The summed E-state index contributed by atoms with van der Waals surface area (Å²) in [7, 11) is 0. The fraction of sp³-hybridized carbons (Fsp3) is 0.333. The molecule has 102 valence electrons. The second-order valence-corrected chi connectivity index (χ2v) is 3.70. The van der Waals surface area contributed by atoms with Gasteiger partial charge in [0.15, 0.2) is 0 Å². The van der Waals surface area contributed by atoms with Crippen LogP contribution in [0.2, 0.25) is 0 Å². The van der Waals surface area contributed by atoms with E-state index in [1.165, 1.54) is 6.07 Å². The summed E-state index contributed by atoms with van der Waals surface area (Å²) in [5.41, 5.74) is 0.229. The molecule has 0 radical (unpaired) electrons. The summed E-state index contributed by atoms with van der Waals surface area (Å²) in [6, 6.07) is 3.85. The summed E-state index contributed by atoms with van der Waals surface area (Å²) in [6.45, 7) is 1.61. The van der Waals surface area contributed by atoms with Crippen molar-refractivity contribution < 1.29 is 27.8 Å². The van der Waals surface area contributed by atoms with E-state index >= 15 is 0 Å². The number of carboxylic acids is 1. The SMILES string of the molecule is CCc1cc(CC(=O)O)c(C#N)cc1OC(F)(F)F. The third-order valence-corrected chi connectivity index (χ3v) is 2.36. The van der Waals surface area contributed by atoms with Crippen molar-refractivity contribution in [2.75, 3.05) is 0 Å². The third kappa shape index (κ3) is 4.17. The van der Waals surface area contributed by atoms with Crippen molar-refractivity contribution in [3.05, 3.63) is 28.8 Å². The number of rotatable bonds is 4. The number of aliphatic carboxylic acids is 1. The molecule has 0 unspecified atom stereocenters. The van der Waals surface area contributed by atoms with E-state index < -0.39 is 24.5 Å². The van der Waals surface area contributed by atoms with Gasteiger partial charge in [-0.05, 0) is 23.6 Å². The van der Waals surface area contributed by atoms with Gasteiger partial charge in [0.2, 0.25) is 0 Å². The van der Waals surface area contributed by atoms with Crippen LogP contribution in [0.15, 0.2) is 12.1 Å². The first-order valence-electron chi connectivity index (χ1n) is 5.30.